The molecular formula is C36H40N4O4. The predicted octanol–water partition coefficient (Wildman–Crippen LogP) is 4.75. The molecule has 1 fully saturated rings. The van der Waals surface area contributed by atoms with Crippen LogP contribution in [0.2, 0.25) is 0 Å². The van der Waals surface area contributed by atoms with Gasteiger partial charge in [0.25, 0.3) is 11.5 Å². The maximum Gasteiger partial charge on any atom is 0.259 e. The van der Waals surface area contributed by atoms with E-state index in [1.807, 2.05) is 30.3 Å². The van der Waals surface area contributed by atoms with E-state index in [2.05, 4.69) is 40.7 Å². The largest absolute Gasteiger partial charge is 0.487 e. The van der Waals surface area contributed by atoms with Gasteiger partial charge in [-0.05, 0) is 67.5 Å². The van der Waals surface area contributed by atoms with Crippen LogP contribution in [-0.2, 0) is 19.9 Å². The second kappa shape index (κ2) is 12.8. The van der Waals surface area contributed by atoms with Gasteiger partial charge in [-0.1, -0.05) is 55.5 Å². The number of carbonyl (C=O) groups is 1. The summed E-state index contributed by atoms with van der Waals surface area (Å²) in [7, 11) is 1.62. The van der Waals surface area contributed by atoms with Crippen molar-refractivity contribution in [3.63, 3.8) is 0 Å². The Morgan fingerprint density at radius 2 is 1.89 bits per heavy atom. The first kappa shape index (κ1) is 29.8. The molecule has 1 saturated carbocycles. The first-order chi connectivity index (χ1) is 21.3. The molecule has 3 N–H and O–H groups in total. The van der Waals surface area contributed by atoms with Gasteiger partial charge in [-0.15, -0.1) is 0 Å². The van der Waals surface area contributed by atoms with E-state index in [1.54, 1.807) is 37.5 Å². The van der Waals surface area contributed by atoms with Crippen LogP contribution >= 0.6 is 0 Å². The zero-order valence-electron chi connectivity index (χ0n) is 25.3. The van der Waals surface area contributed by atoms with E-state index in [-0.39, 0.29) is 23.1 Å². The van der Waals surface area contributed by atoms with Crippen LogP contribution in [0.5, 0.6) is 5.75 Å². The SMILES string of the molecule is CCc1ccc2c(c1)C(NC[C@@H](O)[C@H](Cc1ccccc1)NC(=O)c1cc(-c3ccccn3)c(=O)n(C)c1)CC1(CCC1)O2. The van der Waals surface area contributed by atoms with E-state index in [0.29, 0.717) is 29.8 Å². The number of pyridine rings is 2. The molecule has 8 nitrogen and oxygen atoms in total. The Labute approximate surface area is 258 Å². The van der Waals surface area contributed by atoms with Gasteiger partial charge in [-0.3, -0.25) is 14.6 Å². The van der Waals surface area contributed by atoms with Crippen LogP contribution in [0.25, 0.3) is 11.3 Å². The average Bonchev–Trinajstić information content (AvgIpc) is 3.04. The number of aliphatic hydroxyl groups excluding tert-OH is 1. The van der Waals surface area contributed by atoms with Gasteiger partial charge in [-0.2, -0.15) is 0 Å². The minimum atomic E-state index is -0.875. The summed E-state index contributed by atoms with van der Waals surface area (Å²) in [6.07, 6.45) is 7.74. The fraction of sp³-hybridized carbons (Fsp3) is 0.361. The predicted molar refractivity (Wildman–Crippen MR) is 171 cm³/mol. The number of ether oxygens (including phenoxy) is 1. The number of aliphatic hydroxyl groups is 1. The molecule has 0 bridgehead atoms. The number of nitrogens with one attached hydrogen (secondary N) is 2. The Hall–Kier alpha value is -4.27. The molecule has 0 radical (unpaired) electrons. The van der Waals surface area contributed by atoms with Crippen LogP contribution in [-0.4, -0.2) is 44.9 Å². The van der Waals surface area contributed by atoms with E-state index < -0.39 is 12.1 Å². The first-order valence-electron chi connectivity index (χ1n) is 15.5. The Balaban J connectivity index is 1.23. The lowest BCUT2D eigenvalue weighted by Crippen LogP contribution is -2.52. The molecule has 44 heavy (non-hydrogen) atoms. The van der Waals surface area contributed by atoms with Gasteiger partial charge >= 0.3 is 0 Å². The third-order valence-electron chi connectivity index (χ3n) is 9.06. The summed E-state index contributed by atoms with van der Waals surface area (Å²) in [6.45, 7) is 2.44. The number of hydrogen-bond acceptors (Lipinski definition) is 6. The van der Waals surface area contributed by atoms with Crippen molar-refractivity contribution in [1.82, 2.24) is 20.2 Å². The van der Waals surface area contributed by atoms with Gasteiger partial charge in [0.2, 0.25) is 0 Å². The number of aryl methyl sites for hydroxylation is 2. The molecule has 228 valence electrons. The summed E-state index contributed by atoms with van der Waals surface area (Å²) in [4.78, 5) is 30.9. The number of aromatic nitrogens is 2. The van der Waals surface area contributed by atoms with Crippen LogP contribution in [0.1, 0.15) is 65.7 Å². The Morgan fingerprint density at radius 3 is 2.59 bits per heavy atom. The van der Waals surface area contributed by atoms with E-state index in [0.717, 1.165) is 49.0 Å². The molecule has 1 amide bonds. The number of fused-ring (bicyclic) bond motifs is 1. The first-order valence-corrected chi connectivity index (χ1v) is 15.5. The highest BCUT2D eigenvalue weighted by atomic mass is 16.5. The Bertz CT molecular complexity index is 1670. The standard InChI is InChI=1S/C36H40N4O4/c1-3-24-13-14-33-27(18-24)31(21-36(44-33)15-9-16-36)38-22-32(41)30(19-25-10-5-4-6-11-25)39-34(42)26-20-28(35(43)40(2)23-26)29-12-7-8-17-37-29/h4-8,10-14,17-18,20,23,30-32,38,41H,3,9,15-16,19,21-22H2,1-2H3,(H,39,42)/t30-,31?,32+/m0/s1. The highest BCUT2D eigenvalue weighted by molar-refractivity contribution is 5.95. The van der Waals surface area contributed by atoms with Crippen molar-refractivity contribution in [3.8, 4) is 17.0 Å². The summed E-state index contributed by atoms with van der Waals surface area (Å²) >= 11 is 0. The summed E-state index contributed by atoms with van der Waals surface area (Å²) in [6, 6.07) is 22.6. The molecule has 1 spiro atoms. The van der Waals surface area contributed by atoms with Crippen LogP contribution in [0.4, 0.5) is 0 Å². The fourth-order valence-corrected chi connectivity index (χ4v) is 6.35. The monoisotopic (exact) mass is 592 g/mol. The zero-order valence-corrected chi connectivity index (χ0v) is 25.3. The molecule has 1 aliphatic heterocycles. The summed E-state index contributed by atoms with van der Waals surface area (Å²) < 4.78 is 7.89. The maximum atomic E-state index is 13.7. The lowest BCUT2D eigenvalue weighted by molar-refractivity contribution is -0.0382. The van der Waals surface area contributed by atoms with Gasteiger partial charge < -0.3 is 25.0 Å². The molecule has 2 aromatic carbocycles. The summed E-state index contributed by atoms with van der Waals surface area (Å²) in [5.74, 6) is 0.558. The van der Waals surface area contributed by atoms with Crippen molar-refractivity contribution in [2.24, 2.45) is 7.05 Å². The van der Waals surface area contributed by atoms with Gasteiger partial charge in [0.05, 0.1) is 29.0 Å². The van der Waals surface area contributed by atoms with Gasteiger partial charge in [-0.25, -0.2) is 0 Å². The molecular weight excluding hydrogens is 552 g/mol. The van der Waals surface area contributed by atoms with Crippen LogP contribution in [0.3, 0.4) is 0 Å². The second-order valence-electron chi connectivity index (χ2n) is 12.1. The zero-order chi connectivity index (χ0) is 30.7. The van der Waals surface area contributed by atoms with Crippen LogP contribution in [0.15, 0.2) is 90.0 Å². The quantitative estimate of drug-likeness (QED) is 0.246. The molecule has 4 aromatic rings. The minimum absolute atomic E-state index is 0.0397. The molecule has 2 aromatic heterocycles. The molecule has 1 aliphatic carbocycles. The van der Waals surface area contributed by atoms with Crippen LogP contribution < -0.4 is 20.9 Å². The number of hydrogen-bond donors (Lipinski definition) is 3. The van der Waals surface area contributed by atoms with Crippen molar-refractivity contribution in [3.05, 3.63) is 118 Å². The second-order valence-corrected chi connectivity index (χ2v) is 12.1. The number of amides is 1. The van der Waals surface area contributed by atoms with E-state index in [1.165, 1.54) is 16.3 Å². The van der Waals surface area contributed by atoms with Crippen molar-refractivity contribution in [1.29, 1.82) is 0 Å². The van der Waals surface area contributed by atoms with E-state index in [4.69, 9.17) is 4.74 Å². The molecule has 3 atom stereocenters. The highest BCUT2D eigenvalue weighted by Crippen LogP contribution is 2.49. The third-order valence-corrected chi connectivity index (χ3v) is 9.06. The van der Waals surface area contributed by atoms with Crippen LogP contribution in [0, 0.1) is 0 Å². The molecule has 2 aliphatic rings. The topological polar surface area (TPSA) is 105 Å². The van der Waals surface area contributed by atoms with Gasteiger partial charge in [0.1, 0.15) is 11.4 Å². The lowest BCUT2D eigenvalue weighted by Gasteiger charge is -2.48. The smallest absolute Gasteiger partial charge is 0.259 e. The number of nitrogens with zero attached hydrogens (tertiary/aromatic N) is 2. The van der Waals surface area contributed by atoms with E-state index in [9.17, 15) is 14.7 Å². The van der Waals surface area contributed by atoms with Crippen molar-refractivity contribution in [2.45, 2.75) is 69.2 Å². The molecule has 1 unspecified atom stereocenters. The third kappa shape index (κ3) is 6.32. The highest BCUT2D eigenvalue weighted by Gasteiger charge is 2.45. The molecule has 6 rings (SSSR count). The lowest BCUT2D eigenvalue weighted by atomic mass is 9.72. The maximum absolute atomic E-state index is 13.7. The Kier molecular flexibility index (Phi) is 8.64. The normalized spacial score (nSPS) is 18.0. The fourth-order valence-electron chi connectivity index (χ4n) is 6.35. The number of benzene rings is 2. The Morgan fingerprint density at radius 1 is 1.09 bits per heavy atom. The molecule has 0 saturated heterocycles. The van der Waals surface area contributed by atoms with Crippen molar-refractivity contribution in [2.75, 3.05) is 6.54 Å². The van der Waals surface area contributed by atoms with Crippen molar-refractivity contribution < 1.29 is 14.6 Å². The number of carbonyl (C=O) groups excluding carboxylic acids is 1. The number of rotatable bonds is 10. The van der Waals surface area contributed by atoms with Crippen molar-refractivity contribution >= 4 is 5.91 Å². The van der Waals surface area contributed by atoms with Gasteiger partial charge in [0.15, 0.2) is 0 Å². The molecule has 8 heteroatoms. The van der Waals surface area contributed by atoms with Gasteiger partial charge in [0, 0.05) is 44.0 Å². The summed E-state index contributed by atoms with van der Waals surface area (Å²) in [5, 5.41) is 18.3. The average molecular weight is 593 g/mol. The molecule has 3 heterocycles. The van der Waals surface area contributed by atoms with E-state index >= 15 is 0 Å². The minimum Gasteiger partial charge on any atom is -0.487 e. The summed E-state index contributed by atoms with van der Waals surface area (Å²) in [5.41, 5.74) is 4.17.